The molecule has 1 aliphatic rings. The number of ether oxygens (including phenoxy) is 1. The second-order valence-electron chi connectivity index (χ2n) is 2.69. The van der Waals surface area contributed by atoms with Gasteiger partial charge in [-0.15, -0.1) is 0 Å². The number of halogens is 2. The third-order valence-electron chi connectivity index (χ3n) is 1.50. The van der Waals surface area contributed by atoms with Crippen LogP contribution in [-0.4, -0.2) is 15.3 Å². The molecule has 0 bridgehead atoms. The minimum atomic E-state index is -0.122. The first kappa shape index (κ1) is 9.52. The second-order valence-corrected chi connectivity index (χ2v) is 6.59. The van der Waals surface area contributed by atoms with Gasteiger partial charge in [-0.1, -0.05) is 38.8 Å². The number of hydrogen-bond donors (Lipinski definition) is 0. The zero-order valence-corrected chi connectivity index (χ0v) is 9.44. The highest BCUT2D eigenvalue weighted by atomic mass is 79.9. The van der Waals surface area contributed by atoms with Gasteiger partial charge in [0.25, 0.3) is 0 Å². The molecule has 0 saturated heterocycles. The molecule has 1 fully saturated rings. The average Bonchev–Trinajstić information content (AvgIpc) is 2.39. The van der Waals surface area contributed by atoms with Gasteiger partial charge in [0.15, 0.2) is 0 Å². The van der Waals surface area contributed by atoms with Gasteiger partial charge in [-0.3, -0.25) is 4.79 Å². The maximum atomic E-state index is 10.9. The van der Waals surface area contributed by atoms with Crippen LogP contribution < -0.4 is 0 Å². The smallest absolute Gasteiger partial charge is 0.306 e. The van der Waals surface area contributed by atoms with Crippen molar-refractivity contribution in [2.24, 2.45) is 0 Å². The highest BCUT2D eigenvalue weighted by Crippen LogP contribution is 2.52. The fourth-order valence-electron chi connectivity index (χ4n) is 0.738. The van der Waals surface area contributed by atoms with Gasteiger partial charge in [-0.05, 0) is 6.42 Å². The van der Waals surface area contributed by atoms with Crippen LogP contribution >= 0.6 is 31.9 Å². The maximum absolute atomic E-state index is 10.9. The molecule has 0 heterocycles. The van der Waals surface area contributed by atoms with E-state index in [0.29, 0.717) is 6.42 Å². The van der Waals surface area contributed by atoms with Crippen LogP contribution in [0.5, 0.6) is 0 Å². The first-order valence-corrected chi connectivity index (χ1v) is 5.22. The monoisotopic (exact) mass is 284 g/mol. The van der Waals surface area contributed by atoms with Crippen molar-refractivity contribution in [2.75, 3.05) is 0 Å². The molecule has 4 heteroatoms. The zero-order valence-electron chi connectivity index (χ0n) is 6.27. The Bertz CT molecular complexity index is 168. The van der Waals surface area contributed by atoms with E-state index in [1.54, 1.807) is 0 Å². The van der Waals surface area contributed by atoms with E-state index in [9.17, 15) is 4.79 Å². The third kappa shape index (κ3) is 2.75. The van der Waals surface area contributed by atoms with Crippen molar-refractivity contribution < 1.29 is 9.53 Å². The van der Waals surface area contributed by atoms with Crippen LogP contribution in [0.4, 0.5) is 0 Å². The lowest BCUT2D eigenvalue weighted by Crippen LogP contribution is -2.09. The highest BCUT2D eigenvalue weighted by molar-refractivity contribution is 9.25. The van der Waals surface area contributed by atoms with E-state index < -0.39 is 0 Å². The van der Waals surface area contributed by atoms with E-state index in [2.05, 4.69) is 31.9 Å². The molecule has 1 rings (SSSR count). The van der Waals surface area contributed by atoms with Gasteiger partial charge >= 0.3 is 5.97 Å². The van der Waals surface area contributed by atoms with Crippen molar-refractivity contribution in [3.63, 3.8) is 0 Å². The van der Waals surface area contributed by atoms with Crippen molar-refractivity contribution in [1.82, 2.24) is 0 Å². The van der Waals surface area contributed by atoms with Gasteiger partial charge in [0.1, 0.15) is 9.34 Å². The summed E-state index contributed by atoms with van der Waals surface area (Å²) in [4.78, 5) is 10.9. The fraction of sp³-hybridized carbons (Fsp3) is 0.857. The molecule has 2 nitrogen and oxygen atoms in total. The Balaban J connectivity index is 2.18. The Hall–Kier alpha value is 0.430. The van der Waals surface area contributed by atoms with Crippen LogP contribution in [0.2, 0.25) is 0 Å². The summed E-state index contributed by atoms with van der Waals surface area (Å²) in [5.41, 5.74) is 0. The lowest BCUT2D eigenvalue weighted by molar-refractivity contribution is -0.144. The van der Waals surface area contributed by atoms with E-state index in [1.165, 1.54) is 0 Å². The maximum Gasteiger partial charge on any atom is 0.306 e. The van der Waals surface area contributed by atoms with Crippen LogP contribution in [0, 0.1) is 0 Å². The number of rotatable bonds is 3. The molecular formula is C7H10Br2O2. The molecule has 1 unspecified atom stereocenters. The highest BCUT2D eigenvalue weighted by Gasteiger charge is 2.53. The third-order valence-corrected chi connectivity index (χ3v) is 3.17. The van der Waals surface area contributed by atoms with Gasteiger partial charge < -0.3 is 4.74 Å². The number of carbonyl (C=O) groups excluding carboxylic acids is 1. The van der Waals surface area contributed by atoms with Crippen molar-refractivity contribution in [3.8, 4) is 0 Å². The number of hydrogen-bond acceptors (Lipinski definition) is 2. The van der Waals surface area contributed by atoms with Crippen molar-refractivity contribution in [3.05, 3.63) is 0 Å². The minimum absolute atomic E-state index is 0.0292. The first-order valence-electron chi connectivity index (χ1n) is 3.63. The van der Waals surface area contributed by atoms with E-state index in [4.69, 9.17) is 4.74 Å². The molecule has 0 spiro atoms. The summed E-state index contributed by atoms with van der Waals surface area (Å²) in [6.45, 7) is 1.96. The van der Waals surface area contributed by atoms with Gasteiger partial charge in [0.05, 0.1) is 0 Å². The summed E-state index contributed by atoms with van der Waals surface area (Å²) in [5, 5.41) is 0. The van der Waals surface area contributed by atoms with Crippen LogP contribution in [0.15, 0.2) is 0 Å². The largest absolute Gasteiger partial charge is 0.460 e. The summed E-state index contributed by atoms with van der Waals surface area (Å²) in [5.74, 6) is -0.0988. The SMILES string of the molecule is CCCC(=O)OC1CC1(Br)Br. The number of alkyl halides is 2. The lowest BCUT2D eigenvalue weighted by atomic mass is 10.3. The van der Waals surface area contributed by atoms with Crippen LogP contribution in [-0.2, 0) is 9.53 Å². The number of esters is 1. The standard InChI is InChI=1S/C7H10Br2O2/c1-2-3-6(10)11-5-4-7(5,8)9/h5H,2-4H2,1H3. The molecule has 0 aromatic carbocycles. The molecule has 0 radical (unpaired) electrons. The predicted molar refractivity (Wildman–Crippen MR) is 50.0 cm³/mol. The second kappa shape index (κ2) is 3.44. The predicted octanol–water partition coefficient (Wildman–Crippen LogP) is 2.59. The van der Waals surface area contributed by atoms with Crippen molar-refractivity contribution in [1.29, 1.82) is 0 Å². The minimum Gasteiger partial charge on any atom is -0.460 e. The molecule has 0 aromatic heterocycles. The average molecular weight is 286 g/mol. The fourth-order valence-corrected chi connectivity index (χ4v) is 1.51. The molecule has 0 N–H and O–H groups in total. The van der Waals surface area contributed by atoms with Gasteiger partial charge in [-0.2, -0.15) is 0 Å². The van der Waals surface area contributed by atoms with Gasteiger partial charge in [-0.25, -0.2) is 0 Å². The molecule has 1 atom stereocenters. The zero-order chi connectivity index (χ0) is 8.48. The molecule has 0 aliphatic heterocycles. The van der Waals surface area contributed by atoms with Crippen LogP contribution in [0.3, 0.4) is 0 Å². The Morgan fingerprint density at radius 3 is 2.64 bits per heavy atom. The Morgan fingerprint density at radius 1 is 1.73 bits per heavy atom. The van der Waals surface area contributed by atoms with Gasteiger partial charge in [0.2, 0.25) is 0 Å². The summed E-state index contributed by atoms with van der Waals surface area (Å²) < 4.78 is 4.96. The Kier molecular flexibility index (Phi) is 2.97. The topological polar surface area (TPSA) is 26.3 Å². The van der Waals surface area contributed by atoms with Gasteiger partial charge in [0, 0.05) is 12.8 Å². The van der Waals surface area contributed by atoms with Crippen LogP contribution in [0.1, 0.15) is 26.2 Å². The number of carbonyl (C=O) groups is 1. The van der Waals surface area contributed by atoms with E-state index in [0.717, 1.165) is 12.8 Å². The van der Waals surface area contributed by atoms with E-state index in [1.807, 2.05) is 6.92 Å². The van der Waals surface area contributed by atoms with Crippen molar-refractivity contribution in [2.45, 2.75) is 35.5 Å². The van der Waals surface area contributed by atoms with E-state index >= 15 is 0 Å². The molecular weight excluding hydrogens is 276 g/mol. The quantitative estimate of drug-likeness (QED) is 0.589. The molecule has 0 amide bonds. The van der Waals surface area contributed by atoms with Crippen molar-refractivity contribution >= 4 is 37.8 Å². The van der Waals surface area contributed by atoms with Crippen LogP contribution in [0.25, 0.3) is 0 Å². The molecule has 1 aliphatic carbocycles. The first-order chi connectivity index (χ1) is 5.06. The summed E-state index contributed by atoms with van der Waals surface area (Å²) in [6, 6.07) is 0. The summed E-state index contributed by atoms with van der Waals surface area (Å²) in [7, 11) is 0. The van der Waals surface area contributed by atoms with E-state index in [-0.39, 0.29) is 15.3 Å². The lowest BCUT2D eigenvalue weighted by Gasteiger charge is -2.02. The summed E-state index contributed by atoms with van der Waals surface area (Å²) >= 11 is 6.74. The molecule has 1 saturated carbocycles. The summed E-state index contributed by atoms with van der Waals surface area (Å²) in [6.07, 6.45) is 2.26. The Labute approximate surface area is 82.9 Å². The Morgan fingerprint density at radius 2 is 2.27 bits per heavy atom. The normalized spacial score (nSPS) is 26.3. The molecule has 64 valence electrons. The molecule has 0 aromatic rings. The molecule has 11 heavy (non-hydrogen) atoms.